The summed E-state index contributed by atoms with van der Waals surface area (Å²) in [6.45, 7) is 1.71. The molecule has 3 atom stereocenters. The van der Waals surface area contributed by atoms with E-state index in [2.05, 4.69) is 21.9 Å². The minimum Gasteiger partial charge on any atom is -0.435 e. The van der Waals surface area contributed by atoms with Crippen molar-refractivity contribution in [1.29, 1.82) is 0 Å². The fraction of sp³-hybridized carbons (Fsp3) is 0.467. The van der Waals surface area contributed by atoms with Crippen molar-refractivity contribution in [2.75, 3.05) is 19.6 Å². The van der Waals surface area contributed by atoms with Crippen LogP contribution in [0.25, 0.3) is 10.9 Å². The van der Waals surface area contributed by atoms with Gasteiger partial charge in [0.1, 0.15) is 5.75 Å². The third kappa shape index (κ3) is 2.33. The fourth-order valence-electron chi connectivity index (χ4n) is 3.45. The molecule has 1 N–H and O–H groups in total. The third-order valence-electron chi connectivity index (χ3n) is 4.69. The van der Waals surface area contributed by atoms with Crippen LogP contribution in [0.5, 0.6) is 5.75 Å². The van der Waals surface area contributed by atoms with Crippen molar-refractivity contribution in [3.8, 4) is 5.75 Å². The number of fused-ring (bicyclic) bond motifs is 3. The van der Waals surface area contributed by atoms with Crippen LogP contribution in [-0.2, 0) is 0 Å². The molecule has 2 fully saturated rings. The van der Waals surface area contributed by atoms with Crippen molar-refractivity contribution in [2.45, 2.75) is 13.5 Å². The number of carbonyl (C=O) groups excluding carboxylic acids is 1. The molecule has 8 heteroatoms. The van der Waals surface area contributed by atoms with Crippen LogP contribution in [0.15, 0.2) is 18.2 Å². The van der Waals surface area contributed by atoms with Crippen molar-refractivity contribution in [1.82, 2.24) is 20.2 Å². The molecular formula is C15H16F2N4O2. The number of carbonyl (C=O) groups is 1. The summed E-state index contributed by atoms with van der Waals surface area (Å²) in [5.41, 5.74) is 0.850. The van der Waals surface area contributed by atoms with Crippen molar-refractivity contribution in [3.63, 3.8) is 0 Å². The van der Waals surface area contributed by atoms with Gasteiger partial charge >= 0.3 is 6.61 Å². The number of aromatic amines is 1. The summed E-state index contributed by atoms with van der Waals surface area (Å²) in [6.07, 6.45) is 0. The summed E-state index contributed by atoms with van der Waals surface area (Å²) in [4.78, 5) is 12.8. The molecule has 0 aliphatic carbocycles. The lowest BCUT2D eigenvalue weighted by molar-refractivity contribution is -0.0497. The van der Waals surface area contributed by atoms with E-state index < -0.39 is 6.61 Å². The lowest BCUT2D eigenvalue weighted by Crippen LogP contribution is -2.44. The van der Waals surface area contributed by atoms with Crippen LogP contribution in [0.3, 0.4) is 0 Å². The average Bonchev–Trinajstić information content (AvgIpc) is 3.18. The van der Waals surface area contributed by atoms with Crippen molar-refractivity contribution >= 4 is 16.8 Å². The highest BCUT2D eigenvalue weighted by atomic mass is 19.3. The summed E-state index contributed by atoms with van der Waals surface area (Å²) in [5, 5.41) is 11.1. The Bertz CT molecular complexity index is 761. The molecule has 6 nitrogen and oxygen atoms in total. The van der Waals surface area contributed by atoms with E-state index in [4.69, 9.17) is 0 Å². The molecular weight excluding hydrogens is 306 g/mol. The fourth-order valence-corrected chi connectivity index (χ4v) is 3.45. The maximum absolute atomic E-state index is 12.8. The van der Waals surface area contributed by atoms with E-state index in [-0.39, 0.29) is 17.4 Å². The standard InChI is InChI=1S/C15H16F2N4O2/c1-8-5-20-6-9(8)7-21(20)14(22)13-11-4-10(23-15(16)17)2-3-12(11)18-19-13/h2-4,8-9,15H,5-7H2,1H3,(H,18,19). The molecule has 0 radical (unpaired) electrons. The van der Waals surface area contributed by atoms with Crippen LogP contribution in [0.1, 0.15) is 17.4 Å². The lowest BCUT2D eigenvalue weighted by atomic mass is 9.98. The summed E-state index contributed by atoms with van der Waals surface area (Å²) >= 11 is 0. The molecule has 1 aromatic heterocycles. The van der Waals surface area contributed by atoms with E-state index in [1.807, 2.05) is 5.01 Å². The highest BCUT2D eigenvalue weighted by Crippen LogP contribution is 2.34. The molecule has 3 unspecified atom stereocenters. The van der Waals surface area contributed by atoms with Gasteiger partial charge in [-0.3, -0.25) is 14.9 Å². The van der Waals surface area contributed by atoms with Crippen molar-refractivity contribution in [2.24, 2.45) is 11.8 Å². The summed E-state index contributed by atoms with van der Waals surface area (Å²) in [7, 11) is 0. The van der Waals surface area contributed by atoms with Crippen LogP contribution < -0.4 is 4.74 Å². The zero-order valence-corrected chi connectivity index (χ0v) is 12.5. The van der Waals surface area contributed by atoms with Gasteiger partial charge in [0, 0.05) is 25.0 Å². The first kappa shape index (κ1) is 14.4. The zero-order chi connectivity index (χ0) is 16.1. The van der Waals surface area contributed by atoms with Gasteiger partial charge in [-0.05, 0) is 30.0 Å². The van der Waals surface area contributed by atoms with E-state index >= 15 is 0 Å². The molecule has 3 heterocycles. The molecule has 0 saturated carbocycles. The molecule has 23 heavy (non-hydrogen) atoms. The number of aromatic nitrogens is 2. The van der Waals surface area contributed by atoms with Gasteiger partial charge in [0.15, 0.2) is 5.69 Å². The number of amides is 1. The molecule has 2 saturated heterocycles. The molecule has 2 aliphatic rings. The summed E-state index contributed by atoms with van der Waals surface area (Å²) < 4.78 is 29.1. The first-order valence-corrected chi connectivity index (χ1v) is 7.52. The minimum atomic E-state index is -2.90. The highest BCUT2D eigenvalue weighted by Gasteiger charge is 2.43. The second-order valence-electron chi connectivity index (χ2n) is 6.15. The van der Waals surface area contributed by atoms with E-state index in [0.29, 0.717) is 29.3 Å². The SMILES string of the molecule is CC1CN2CC1CN2C(=O)c1n[nH]c2ccc(OC(F)F)cc12. The number of ether oxygens (including phenoxy) is 1. The van der Waals surface area contributed by atoms with Crippen LogP contribution in [0.2, 0.25) is 0 Å². The number of H-pyrrole nitrogens is 1. The number of hydrazine groups is 1. The number of nitrogens with zero attached hydrogens (tertiary/aromatic N) is 3. The predicted octanol–water partition coefficient (Wildman–Crippen LogP) is 2.10. The monoisotopic (exact) mass is 322 g/mol. The van der Waals surface area contributed by atoms with Crippen LogP contribution in [0.4, 0.5) is 8.78 Å². The number of benzene rings is 1. The maximum atomic E-state index is 12.8. The van der Waals surface area contributed by atoms with E-state index in [1.54, 1.807) is 11.1 Å². The summed E-state index contributed by atoms with van der Waals surface area (Å²) in [5.74, 6) is 0.877. The Morgan fingerprint density at radius 1 is 1.39 bits per heavy atom. The number of halogens is 2. The molecule has 2 aromatic rings. The van der Waals surface area contributed by atoms with Gasteiger partial charge in [0.25, 0.3) is 5.91 Å². The van der Waals surface area contributed by atoms with Gasteiger partial charge in [-0.25, -0.2) is 5.01 Å². The topological polar surface area (TPSA) is 61.5 Å². The second kappa shape index (κ2) is 5.16. The molecule has 1 aromatic carbocycles. The Morgan fingerprint density at radius 2 is 2.22 bits per heavy atom. The van der Waals surface area contributed by atoms with E-state index in [0.717, 1.165) is 13.1 Å². The Balaban J connectivity index is 1.64. The Kier molecular flexibility index (Phi) is 3.22. The van der Waals surface area contributed by atoms with Gasteiger partial charge in [-0.1, -0.05) is 6.92 Å². The van der Waals surface area contributed by atoms with E-state index in [9.17, 15) is 13.6 Å². The Hall–Kier alpha value is -2.22. The molecule has 2 aliphatic heterocycles. The van der Waals surface area contributed by atoms with Gasteiger partial charge < -0.3 is 4.74 Å². The van der Waals surface area contributed by atoms with Crippen molar-refractivity contribution in [3.05, 3.63) is 23.9 Å². The second-order valence-corrected chi connectivity index (χ2v) is 6.15. The highest BCUT2D eigenvalue weighted by molar-refractivity contribution is 6.04. The van der Waals surface area contributed by atoms with Gasteiger partial charge in [0.2, 0.25) is 0 Å². The minimum absolute atomic E-state index is 0.0137. The number of hydrogen-bond donors (Lipinski definition) is 1. The number of nitrogens with one attached hydrogen (secondary N) is 1. The Labute approximate surface area is 131 Å². The molecule has 1 amide bonds. The molecule has 4 rings (SSSR count). The lowest BCUT2D eigenvalue weighted by Gasteiger charge is -2.30. The van der Waals surface area contributed by atoms with Gasteiger partial charge in [0.05, 0.1) is 5.52 Å². The quantitative estimate of drug-likeness (QED) is 0.940. The first-order valence-electron chi connectivity index (χ1n) is 7.52. The summed E-state index contributed by atoms with van der Waals surface area (Å²) in [6, 6.07) is 4.42. The maximum Gasteiger partial charge on any atom is 0.387 e. The van der Waals surface area contributed by atoms with Gasteiger partial charge in [-0.2, -0.15) is 13.9 Å². The Morgan fingerprint density at radius 3 is 2.87 bits per heavy atom. The smallest absolute Gasteiger partial charge is 0.387 e. The van der Waals surface area contributed by atoms with Crippen LogP contribution >= 0.6 is 0 Å². The van der Waals surface area contributed by atoms with Crippen LogP contribution in [0, 0.1) is 11.8 Å². The van der Waals surface area contributed by atoms with Gasteiger partial charge in [-0.15, -0.1) is 0 Å². The molecule has 122 valence electrons. The number of rotatable bonds is 3. The number of alkyl halides is 2. The molecule has 0 spiro atoms. The normalized spacial score (nSPS) is 26.4. The average molecular weight is 322 g/mol. The van der Waals surface area contributed by atoms with Crippen molar-refractivity contribution < 1.29 is 18.3 Å². The number of hydrogen-bond acceptors (Lipinski definition) is 4. The predicted molar refractivity (Wildman–Crippen MR) is 78.0 cm³/mol. The third-order valence-corrected chi connectivity index (χ3v) is 4.69. The van der Waals surface area contributed by atoms with Crippen LogP contribution in [-0.4, -0.2) is 52.4 Å². The first-order chi connectivity index (χ1) is 11.0. The molecule has 2 bridgehead atoms. The largest absolute Gasteiger partial charge is 0.435 e. The van der Waals surface area contributed by atoms with E-state index in [1.165, 1.54) is 12.1 Å². The zero-order valence-electron chi connectivity index (χ0n) is 12.5.